The van der Waals surface area contributed by atoms with Crippen LogP contribution in [-0.4, -0.2) is 36.4 Å². The Kier molecular flexibility index (Phi) is 3.71. The van der Waals surface area contributed by atoms with E-state index in [0.29, 0.717) is 6.54 Å². The van der Waals surface area contributed by atoms with Gasteiger partial charge < -0.3 is 10.0 Å². The zero-order valence-electron chi connectivity index (χ0n) is 5.66. The Hall–Kier alpha value is -0.830. The Morgan fingerprint density at radius 3 is 2.56 bits per heavy atom. The van der Waals surface area contributed by atoms with Crippen molar-refractivity contribution in [1.29, 1.82) is 0 Å². The molecule has 0 aromatic carbocycles. The second-order valence-corrected chi connectivity index (χ2v) is 2.02. The molecule has 52 valence electrons. The van der Waals surface area contributed by atoms with Crippen LogP contribution in [0.1, 0.15) is 0 Å². The van der Waals surface area contributed by atoms with Gasteiger partial charge in [0.1, 0.15) is 0 Å². The Bertz CT molecular complexity index is 118. The van der Waals surface area contributed by atoms with Gasteiger partial charge in [-0.05, 0) is 14.1 Å². The third kappa shape index (κ3) is 5.03. The molecule has 9 heavy (non-hydrogen) atoms. The molecule has 3 nitrogen and oxygen atoms in total. The first-order chi connectivity index (χ1) is 4.16. The molecule has 0 atom stereocenters. The van der Waals surface area contributed by atoms with E-state index < -0.39 is 0 Å². The lowest BCUT2D eigenvalue weighted by Gasteiger charge is -2.03. The highest BCUT2D eigenvalue weighted by Gasteiger charge is 1.95. The lowest BCUT2D eigenvalue weighted by Crippen LogP contribution is -2.19. The maximum Gasteiger partial charge on any atom is 0.172 e. The first-order valence-electron chi connectivity index (χ1n) is 2.65. The van der Waals surface area contributed by atoms with Crippen molar-refractivity contribution in [2.75, 3.05) is 20.6 Å². The lowest BCUT2D eigenvalue weighted by molar-refractivity contribution is -0.115. The number of aliphatic hydroxyl groups excluding tert-OH is 1. The van der Waals surface area contributed by atoms with E-state index in [9.17, 15) is 4.79 Å². The highest BCUT2D eigenvalue weighted by molar-refractivity contribution is 5.91. The molecular formula is C6H11NO2. The van der Waals surface area contributed by atoms with Gasteiger partial charge in [0.05, 0.1) is 12.8 Å². The van der Waals surface area contributed by atoms with Crippen molar-refractivity contribution in [1.82, 2.24) is 4.90 Å². The number of hydrogen-bond donors (Lipinski definition) is 1. The van der Waals surface area contributed by atoms with Gasteiger partial charge in [-0.2, -0.15) is 0 Å². The molecule has 0 saturated heterocycles. The molecule has 0 aliphatic rings. The summed E-state index contributed by atoms with van der Waals surface area (Å²) in [6.45, 7) is 0.344. The van der Waals surface area contributed by atoms with Crippen LogP contribution >= 0.6 is 0 Å². The maximum atomic E-state index is 10.6. The smallest absolute Gasteiger partial charge is 0.172 e. The Balaban J connectivity index is 3.51. The van der Waals surface area contributed by atoms with Crippen LogP contribution in [0.4, 0.5) is 0 Å². The second kappa shape index (κ2) is 4.09. The third-order valence-corrected chi connectivity index (χ3v) is 0.732. The summed E-state index contributed by atoms with van der Waals surface area (Å²) in [6.07, 6.45) is 1.89. The zero-order chi connectivity index (χ0) is 7.28. The predicted octanol–water partition coefficient (Wildman–Crippen LogP) is 0.189. The number of ketones is 1. The number of carbonyl (C=O) groups excluding carboxylic acids is 1. The van der Waals surface area contributed by atoms with Crippen LogP contribution < -0.4 is 0 Å². The van der Waals surface area contributed by atoms with Gasteiger partial charge in [-0.1, -0.05) is 0 Å². The highest BCUT2D eigenvalue weighted by atomic mass is 16.2. The van der Waals surface area contributed by atoms with Gasteiger partial charge in [0.15, 0.2) is 5.78 Å². The number of aliphatic hydroxyl groups is 1. The van der Waals surface area contributed by atoms with E-state index in [0.717, 1.165) is 12.3 Å². The number of nitrogens with zero attached hydrogens (tertiary/aromatic N) is 1. The summed E-state index contributed by atoms with van der Waals surface area (Å²) < 4.78 is 0. The molecule has 0 saturated carbocycles. The van der Waals surface area contributed by atoms with Gasteiger partial charge in [-0.25, -0.2) is 0 Å². The van der Waals surface area contributed by atoms with Crippen LogP contribution in [-0.2, 0) is 4.79 Å². The zero-order valence-corrected chi connectivity index (χ0v) is 5.66. The normalized spacial score (nSPS) is 11.0. The van der Waals surface area contributed by atoms with Crippen molar-refractivity contribution in [3.8, 4) is 0 Å². The molecule has 0 bridgehead atoms. The summed E-state index contributed by atoms with van der Waals surface area (Å²) >= 11 is 0. The summed E-state index contributed by atoms with van der Waals surface area (Å²) in [7, 11) is 3.59. The molecule has 3 heteroatoms. The van der Waals surface area contributed by atoms with E-state index >= 15 is 0 Å². The first kappa shape index (κ1) is 8.17. The van der Waals surface area contributed by atoms with Crippen molar-refractivity contribution in [2.45, 2.75) is 0 Å². The Labute approximate surface area is 54.6 Å². The summed E-state index contributed by atoms with van der Waals surface area (Å²) in [5, 5.41) is 8.13. The second-order valence-electron chi connectivity index (χ2n) is 2.02. The van der Waals surface area contributed by atoms with Crippen molar-refractivity contribution < 1.29 is 9.90 Å². The van der Waals surface area contributed by atoms with Crippen LogP contribution in [0.25, 0.3) is 0 Å². The van der Waals surface area contributed by atoms with Crippen molar-refractivity contribution in [3.63, 3.8) is 0 Å². The largest absolute Gasteiger partial charge is 0.515 e. The molecule has 0 aliphatic carbocycles. The van der Waals surface area contributed by atoms with Gasteiger partial charge in [-0.15, -0.1) is 0 Å². The average Bonchev–Trinajstić information content (AvgIpc) is 1.63. The molecule has 1 N–H and O–H groups in total. The SMILES string of the molecule is CN(C)CC(=O)/C=C/O. The summed E-state index contributed by atoms with van der Waals surface area (Å²) in [6, 6.07) is 0. The Morgan fingerprint density at radius 1 is 1.67 bits per heavy atom. The van der Waals surface area contributed by atoms with E-state index in [1.165, 1.54) is 0 Å². The van der Waals surface area contributed by atoms with Gasteiger partial charge in [0.2, 0.25) is 0 Å². The quantitative estimate of drug-likeness (QED) is 0.437. The first-order valence-corrected chi connectivity index (χ1v) is 2.65. The molecule has 0 aliphatic heterocycles. The van der Waals surface area contributed by atoms with E-state index in [4.69, 9.17) is 5.11 Å². The van der Waals surface area contributed by atoms with Crippen molar-refractivity contribution >= 4 is 5.78 Å². The van der Waals surface area contributed by atoms with Crippen molar-refractivity contribution in [2.24, 2.45) is 0 Å². The predicted molar refractivity (Wildman–Crippen MR) is 35.3 cm³/mol. The monoisotopic (exact) mass is 129 g/mol. The van der Waals surface area contributed by atoms with E-state index in [2.05, 4.69) is 0 Å². The fourth-order valence-electron chi connectivity index (χ4n) is 0.448. The average molecular weight is 129 g/mol. The highest BCUT2D eigenvalue weighted by Crippen LogP contribution is 1.78. The molecule has 0 aromatic rings. The van der Waals surface area contributed by atoms with Gasteiger partial charge in [0.25, 0.3) is 0 Å². The third-order valence-electron chi connectivity index (χ3n) is 0.732. The van der Waals surface area contributed by atoms with Crippen LogP contribution in [0.5, 0.6) is 0 Å². The number of rotatable bonds is 3. The molecule has 0 unspecified atom stereocenters. The summed E-state index contributed by atoms with van der Waals surface area (Å²) in [5.41, 5.74) is 0. The number of likely N-dealkylation sites (N-methyl/N-ethyl adjacent to an activating group) is 1. The molecule has 0 fully saturated rings. The topological polar surface area (TPSA) is 40.5 Å². The van der Waals surface area contributed by atoms with Gasteiger partial charge in [-0.3, -0.25) is 4.79 Å². The van der Waals surface area contributed by atoms with Gasteiger partial charge in [0, 0.05) is 6.08 Å². The lowest BCUT2D eigenvalue weighted by atomic mass is 10.4. The molecule has 0 heterocycles. The minimum atomic E-state index is -0.0949. The van der Waals surface area contributed by atoms with E-state index in [1.54, 1.807) is 19.0 Å². The molecular weight excluding hydrogens is 118 g/mol. The van der Waals surface area contributed by atoms with E-state index in [-0.39, 0.29) is 5.78 Å². The fraction of sp³-hybridized carbons (Fsp3) is 0.500. The number of carbonyl (C=O) groups is 1. The van der Waals surface area contributed by atoms with Crippen molar-refractivity contribution in [3.05, 3.63) is 12.3 Å². The van der Waals surface area contributed by atoms with Gasteiger partial charge >= 0.3 is 0 Å². The maximum absolute atomic E-state index is 10.6. The molecule has 0 spiro atoms. The number of hydrogen-bond acceptors (Lipinski definition) is 3. The Morgan fingerprint density at radius 2 is 2.22 bits per heavy atom. The summed E-state index contributed by atoms with van der Waals surface area (Å²) in [5.74, 6) is -0.0949. The standard InChI is InChI=1S/C6H11NO2/c1-7(2)5-6(9)3-4-8/h3-4,8H,5H2,1-2H3/b4-3+. The van der Waals surface area contributed by atoms with Crippen LogP contribution in [0.3, 0.4) is 0 Å². The van der Waals surface area contributed by atoms with Crippen LogP contribution in [0.15, 0.2) is 12.3 Å². The minimum Gasteiger partial charge on any atom is -0.515 e. The van der Waals surface area contributed by atoms with E-state index in [1.807, 2.05) is 0 Å². The molecule has 0 aromatic heterocycles. The molecule has 0 rings (SSSR count). The van der Waals surface area contributed by atoms with Crippen LogP contribution in [0.2, 0.25) is 0 Å². The fourth-order valence-corrected chi connectivity index (χ4v) is 0.448. The molecule has 0 radical (unpaired) electrons. The van der Waals surface area contributed by atoms with Crippen LogP contribution in [0, 0.1) is 0 Å². The summed E-state index contributed by atoms with van der Waals surface area (Å²) in [4.78, 5) is 12.3. The molecule has 0 amide bonds. The minimum absolute atomic E-state index is 0.0949.